The summed E-state index contributed by atoms with van der Waals surface area (Å²) in [5.74, 6) is -0.671. The molecule has 0 saturated heterocycles. The molecule has 0 radical (unpaired) electrons. The standard InChI is InChI=1S/C16H15Cl2N3O5S/c1-10-3-5-12(21(23)24)8-15(10)20(27(2,25)26)9-16(22)19-14-6-4-11(17)7-13(14)18/h3-8H,9H2,1-2H3,(H,19,22). The lowest BCUT2D eigenvalue weighted by Gasteiger charge is -2.23. The van der Waals surface area contributed by atoms with Crippen LogP contribution in [0, 0.1) is 17.0 Å². The molecule has 0 saturated carbocycles. The highest BCUT2D eigenvalue weighted by Crippen LogP contribution is 2.28. The van der Waals surface area contributed by atoms with Crippen molar-refractivity contribution in [2.75, 3.05) is 22.4 Å². The predicted molar refractivity (Wildman–Crippen MR) is 105 cm³/mol. The fourth-order valence-electron chi connectivity index (χ4n) is 2.27. The third kappa shape index (κ3) is 5.31. The van der Waals surface area contributed by atoms with Gasteiger partial charge in [-0.3, -0.25) is 19.2 Å². The molecule has 27 heavy (non-hydrogen) atoms. The van der Waals surface area contributed by atoms with Crippen molar-refractivity contribution in [1.29, 1.82) is 0 Å². The third-order valence-corrected chi connectivity index (χ3v) is 5.24. The van der Waals surface area contributed by atoms with Crippen molar-refractivity contribution >= 4 is 56.2 Å². The van der Waals surface area contributed by atoms with Crippen LogP contribution in [0.25, 0.3) is 0 Å². The number of amides is 1. The number of nitro groups is 1. The van der Waals surface area contributed by atoms with Gasteiger partial charge in [0.25, 0.3) is 5.69 Å². The molecular formula is C16H15Cl2N3O5S. The van der Waals surface area contributed by atoms with E-state index in [0.29, 0.717) is 10.6 Å². The third-order valence-electron chi connectivity index (χ3n) is 3.56. The highest BCUT2D eigenvalue weighted by molar-refractivity contribution is 7.92. The van der Waals surface area contributed by atoms with Crippen molar-refractivity contribution in [2.24, 2.45) is 0 Å². The van der Waals surface area contributed by atoms with Gasteiger partial charge in [-0.1, -0.05) is 29.3 Å². The summed E-state index contributed by atoms with van der Waals surface area (Å²) in [6.07, 6.45) is 0.911. The zero-order valence-electron chi connectivity index (χ0n) is 14.3. The topological polar surface area (TPSA) is 110 Å². The van der Waals surface area contributed by atoms with Crippen molar-refractivity contribution in [3.05, 3.63) is 62.1 Å². The number of nitrogens with zero attached hydrogens (tertiary/aromatic N) is 2. The number of nitrogens with one attached hydrogen (secondary N) is 1. The monoisotopic (exact) mass is 431 g/mol. The minimum Gasteiger partial charge on any atom is -0.323 e. The summed E-state index contributed by atoms with van der Waals surface area (Å²) in [7, 11) is -3.89. The lowest BCUT2D eigenvalue weighted by atomic mass is 10.2. The smallest absolute Gasteiger partial charge is 0.271 e. The van der Waals surface area contributed by atoms with Crippen LogP contribution in [0.1, 0.15) is 5.56 Å². The van der Waals surface area contributed by atoms with Crippen LogP contribution < -0.4 is 9.62 Å². The van der Waals surface area contributed by atoms with Crippen molar-refractivity contribution in [3.8, 4) is 0 Å². The quantitative estimate of drug-likeness (QED) is 0.554. The molecule has 8 nitrogen and oxygen atoms in total. The van der Waals surface area contributed by atoms with Gasteiger partial charge in [-0.05, 0) is 30.7 Å². The normalized spacial score (nSPS) is 11.1. The average molecular weight is 432 g/mol. The first-order valence-corrected chi connectivity index (χ1v) is 10.1. The molecule has 0 aliphatic carbocycles. The first-order chi connectivity index (χ1) is 12.5. The molecular weight excluding hydrogens is 417 g/mol. The van der Waals surface area contributed by atoms with E-state index >= 15 is 0 Å². The van der Waals surface area contributed by atoms with Crippen LogP contribution in [0.4, 0.5) is 17.1 Å². The molecule has 0 heterocycles. The summed E-state index contributed by atoms with van der Waals surface area (Å²) < 4.78 is 25.2. The minimum absolute atomic E-state index is 0.0454. The van der Waals surface area contributed by atoms with Crippen LogP contribution >= 0.6 is 23.2 Å². The molecule has 144 valence electrons. The molecule has 1 N–H and O–H groups in total. The van der Waals surface area contributed by atoms with Crippen LogP contribution in [0.2, 0.25) is 10.0 Å². The van der Waals surface area contributed by atoms with Crippen LogP contribution in [-0.2, 0) is 14.8 Å². The first-order valence-electron chi connectivity index (χ1n) is 7.46. The summed E-state index contributed by atoms with van der Waals surface area (Å²) >= 11 is 11.8. The summed E-state index contributed by atoms with van der Waals surface area (Å²) in [4.78, 5) is 22.7. The Morgan fingerprint density at radius 1 is 1.22 bits per heavy atom. The van der Waals surface area contributed by atoms with E-state index in [-0.39, 0.29) is 22.1 Å². The second-order valence-corrected chi connectivity index (χ2v) is 8.42. The Kier molecular flexibility index (Phi) is 6.30. The van der Waals surface area contributed by atoms with E-state index in [1.807, 2.05) is 0 Å². The van der Waals surface area contributed by atoms with Gasteiger partial charge >= 0.3 is 0 Å². The Morgan fingerprint density at radius 2 is 1.89 bits per heavy atom. The Hall–Kier alpha value is -2.36. The van der Waals surface area contributed by atoms with Gasteiger partial charge in [0.2, 0.25) is 15.9 Å². The van der Waals surface area contributed by atoms with Crippen molar-refractivity contribution in [3.63, 3.8) is 0 Å². The van der Waals surface area contributed by atoms with Crippen molar-refractivity contribution in [2.45, 2.75) is 6.92 Å². The van der Waals surface area contributed by atoms with Gasteiger partial charge in [0.15, 0.2) is 0 Å². The maximum Gasteiger partial charge on any atom is 0.271 e. The summed E-state index contributed by atoms with van der Waals surface area (Å²) in [5.41, 5.74) is 0.480. The average Bonchev–Trinajstić information content (AvgIpc) is 2.55. The zero-order chi connectivity index (χ0) is 20.4. The number of sulfonamides is 1. The SMILES string of the molecule is Cc1ccc([N+](=O)[O-])cc1N(CC(=O)Nc1ccc(Cl)cc1Cl)S(C)(=O)=O. The van der Waals surface area contributed by atoms with Gasteiger partial charge in [0, 0.05) is 17.2 Å². The second-order valence-electron chi connectivity index (χ2n) is 5.67. The van der Waals surface area contributed by atoms with Gasteiger partial charge < -0.3 is 5.32 Å². The molecule has 0 fully saturated rings. The maximum atomic E-state index is 12.4. The highest BCUT2D eigenvalue weighted by atomic mass is 35.5. The Balaban J connectivity index is 2.34. The molecule has 0 aromatic heterocycles. The fourth-order valence-corrected chi connectivity index (χ4v) is 3.63. The largest absolute Gasteiger partial charge is 0.323 e. The molecule has 2 aromatic carbocycles. The number of aryl methyl sites for hydroxylation is 1. The number of rotatable bonds is 6. The number of hydrogen-bond donors (Lipinski definition) is 1. The van der Waals surface area contributed by atoms with E-state index in [0.717, 1.165) is 16.6 Å². The Morgan fingerprint density at radius 3 is 2.44 bits per heavy atom. The molecule has 0 atom stereocenters. The number of non-ortho nitro benzene ring substituents is 1. The molecule has 0 bridgehead atoms. The number of carbonyl (C=O) groups excluding carboxylic acids is 1. The van der Waals surface area contributed by atoms with Crippen molar-refractivity contribution in [1.82, 2.24) is 0 Å². The molecule has 1 amide bonds. The van der Waals surface area contributed by atoms with Crippen LogP contribution in [0.3, 0.4) is 0 Å². The van der Waals surface area contributed by atoms with E-state index in [1.54, 1.807) is 6.92 Å². The van der Waals surface area contributed by atoms with Crippen LogP contribution in [-0.4, -0.2) is 32.0 Å². The van der Waals surface area contributed by atoms with Crippen LogP contribution in [0.5, 0.6) is 0 Å². The fraction of sp³-hybridized carbons (Fsp3) is 0.188. The molecule has 2 aromatic rings. The van der Waals surface area contributed by atoms with Crippen LogP contribution in [0.15, 0.2) is 36.4 Å². The number of halogens is 2. The lowest BCUT2D eigenvalue weighted by Crippen LogP contribution is -2.38. The highest BCUT2D eigenvalue weighted by Gasteiger charge is 2.24. The molecule has 11 heteroatoms. The second kappa shape index (κ2) is 8.12. The van der Waals surface area contributed by atoms with E-state index in [9.17, 15) is 23.3 Å². The predicted octanol–water partition coefficient (Wildman–Crippen LogP) is 3.61. The number of nitro benzene ring substituents is 1. The summed E-state index contributed by atoms with van der Waals surface area (Å²) in [5, 5.41) is 14.1. The molecule has 0 unspecified atom stereocenters. The van der Waals surface area contributed by atoms with Gasteiger partial charge in [0.05, 0.1) is 27.6 Å². The van der Waals surface area contributed by atoms with E-state index < -0.39 is 27.4 Å². The number of benzene rings is 2. The van der Waals surface area contributed by atoms with Gasteiger partial charge in [-0.15, -0.1) is 0 Å². The van der Waals surface area contributed by atoms with Gasteiger partial charge in [-0.25, -0.2) is 8.42 Å². The van der Waals surface area contributed by atoms with Crippen molar-refractivity contribution < 1.29 is 18.1 Å². The molecule has 2 rings (SSSR count). The van der Waals surface area contributed by atoms with E-state index in [2.05, 4.69) is 5.32 Å². The summed E-state index contributed by atoms with van der Waals surface area (Å²) in [6.45, 7) is 1.00. The minimum atomic E-state index is -3.89. The zero-order valence-corrected chi connectivity index (χ0v) is 16.6. The van der Waals surface area contributed by atoms with Gasteiger partial charge in [0.1, 0.15) is 6.54 Å². The number of carbonyl (C=O) groups is 1. The summed E-state index contributed by atoms with van der Waals surface area (Å²) in [6, 6.07) is 8.21. The van der Waals surface area contributed by atoms with E-state index in [1.165, 1.54) is 30.3 Å². The Labute approximate surface area is 165 Å². The lowest BCUT2D eigenvalue weighted by molar-refractivity contribution is -0.384. The molecule has 0 aliphatic heterocycles. The van der Waals surface area contributed by atoms with Gasteiger partial charge in [-0.2, -0.15) is 0 Å². The number of hydrogen-bond acceptors (Lipinski definition) is 5. The molecule has 0 spiro atoms. The Bertz CT molecular complexity index is 1010. The number of anilines is 2. The molecule has 0 aliphatic rings. The van der Waals surface area contributed by atoms with E-state index in [4.69, 9.17) is 23.2 Å². The maximum absolute atomic E-state index is 12.4. The first kappa shape index (κ1) is 20.9.